The van der Waals surface area contributed by atoms with Crippen LogP contribution >= 0.6 is 11.8 Å². The Hall–Kier alpha value is -2.75. The molecular weight excluding hydrogens is 348 g/mol. The molecule has 0 saturated heterocycles. The highest BCUT2D eigenvalue weighted by Gasteiger charge is 2.21. The third-order valence-electron chi connectivity index (χ3n) is 3.16. The Balaban J connectivity index is 2.12. The van der Waals surface area contributed by atoms with E-state index in [4.69, 9.17) is 13.9 Å². The second-order valence-corrected chi connectivity index (χ2v) is 6.06. The van der Waals surface area contributed by atoms with Crippen LogP contribution in [0.15, 0.2) is 27.8 Å². The normalized spacial score (nSPS) is 11.5. The topological polar surface area (TPSA) is 116 Å². The number of carbonyl (C=O) groups is 2. The highest BCUT2D eigenvalue weighted by molar-refractivity contribution is 8.00. The molecule has 0 saturated carbocycles. The Labute approximate surface area is 148 Å². The largest absolute Gasteiger partial charge is 0.497 e. The van der Waals surface area contributed by atoms with Gasteiger partial charge in [0, 0.05) is 13.1 Å². The summed E-state index contributed by atoms with van der Waals surface area (Å²) < 4.78 is 16.0. The van der Waals surface area contributed by atoms with Gasteiger partial charge in [-0.1, -0.05) is 11.8 Å². The van der Waals surface area contributed by atoms with Crippen LogP contribution in [-0.2, 0) is 4.79 Å². The number of amides is 3. The maximum atomic E-state index is 11.8. The third-order valence-corrected chi connectivity index (χ3v) is 4.09. The van der Waals surface area contributed by atoms with Crippen molar-refractivity contribution in [1.82, 2.24) is 20.8 Å². The molecule has 3 amide bonds. The molecule has 1 aromatic heterocycles. The summed E-state index contributed by atoms with van der Waals surface area (Å²) in [6.45, 7) is 1.63. The van der Waals surface area contributed by atoms with E-state index in [1.54, 1.807) is 32.2 Å². The van der Waals surface area contributed by atoms with Crippen LogP contribution in [-0.4, -0.2) is 48.7 Å². The van der Waals surface area contributed by atoms with Crippen molar-refractivity contribution < 1.29 is 23.5 Å². The molecular formula is C15H18N4O5S. The van der Waals surface area contributed by atoms with Gasteiger partial charge in [-0.15, -0.1) is 10.2 Å². The molecule has 0 aliphatic rings. The van der Waals surface area contributed by atoms with Gasteiger partial charge in [-0.3, -0.25) is 10.1 Å². The van der Waals surface area contributed by atoms with Crippen molar-refractivity contribution in [2.45, 2.75) is 17.4 Å². The van der Waals surface area contributed by atoms with Gasteiger partial charge in [0.2, 0.25) is 5.91 Å². The molecule has 1 aromatic carbocycles. The second kappa shape index (κ2) is 8.38. The monoisotopic (exact) mass is 366 g/mol. The molecule has 0 aliphatic heterocycles. The summed E-state index contributed by atoms with van der Waals surface area (Å²) in [4.78, 5) is 23.0. The molecule has 0 bridgehead atoms. The van der Waals surface area contributed by atoms with Gasteiger partial charge in [-0.25, -0.2) is 4.79 Å². The smallest absolute Gasteiger partial charge is 0.321 e. The molecule has 134 valence electrons. The number of imide groups is 1. The van der Waals surface area contributed by atoms with E-state index < -0.39 is 17.2 Å². The van der Waals surface area contributed by atoms with Gasteiger partial charge in [0.1, 0.15) is 11.5 Å². The summed E-state index contributed by atoms with van der Waals surface area (Å²) in [6.07, 6.45) is 0. The molecule has 10 heteroatoms. The minimum Gasteiger partial charge on any atom is -0.497 e. The van der Waals surface area contributed by atoms with Crippen LogP contribution in [0.3, 0.4) is 0 Å². The fraction of sp³-hybridized carbons (Fsp3) is 0.333. The van der Waals surface area contributed by atoms with E-state index in [-0.39, 0.29) is 11.1 Å². The third kappa shape index (κ3) is 4.63. The van der Waals surface area contributed by atoms with E-state index in [1.807, 2.05) is 0 Å². The summed E-state index contributed by atoms with van der Waals surface area (Å²) in [5, 5.41) is 12.0. The number of nitrogens with zero attached hydrogens (tertiary/aromatic N) is 2. The predicted molar refractivity (Wildman–Crippen MR) is 90.8 cm³/mol. The van der Waals surface area contributed by atoms with Crippen LogP contribution in [0.5, 0.6) is 11.5 Å². The SMILES string of the molecule is CNC(=O)NC(=O)[C@H](C)Sc1nnc(-c2ccc(OC)cc2OC)o1. The first kappa shape index (κ1) is 18.6. The molecule has 1 heterocycles. The van der Waals surface area contributed by atoms with Crippen LogP contribution < -0.4 is 20.1 Å². The number of benzene rings is 1. The molecule has 0 unspecified atom stereocenters. The maximum Gasteiger partial charge on any atom is 0.321 e. The number of methoxy groups -OCH3 is 2. The molecule has 2 N–H and O–H groups in total. The van der Waals surface area contributed by atoms with Gasteiger partial charge in [0.15, 0.2) is 0 Å². The molecule has 9 nitrogen and oxygen atoms in total. The highest BCUT2D eigenvalue weighted by Crippen LogP contribution is 2.34. The van der Waals surface area contributed by atoms with Crippen molar-refractivity contribution in [3.63, 3.8) is 0 Å². The van der Waals surface area contributed by atoms with Gasteiger partial charge < -0.3 is 19.2 Å². The van der Waals surface area contributed by atoms with E-state index in [0.717, 1.165) is 11.8 Å². The van der Waals surface area contributed by atoms with E-state index >= 15 is 0 Å². The van der Waals surface area contributed by atoms with E-state index in [0.29, 0.717) is 17.1 Å². The van der Waals surface area contributed by atoms with Gasteiger partial charge in [0.05, 0.1) is 25.0 Å². The molecule has 0 radical (unpaired) electrons. The van der Waals surface area contributed by atoms with Gasteiger partial charge >= 0.3 is 6.03 Å². The Bertz CT molecular complexity index is 764. The molecule has 2 rings (SSSR count). The summed E-state index contributed by atoms with van der Waals surface area (Å²) in [5.74, 6) is 0.936. The number of urea groups is 1. The number of thioether (sulfide) groups is 1. The van der Waals surface area contributed by atoms with Crippen LogP contribution in [0.1, 0.15) is 6.92 Å². The van der Waals surface area contributed by atoms with Gasteiger partial charge in [-0.05, 0) is 19.1 Å². The summed E-state index contributed by atoms with van der Waals surface area (Å²) in [5.41, 5.74) is 0.602. The fourth-order valence-electron chi connectivity index (χ4n) is 1.82. The molecule has 0 spiro atoms. The van der Waals surface area contributed by atoms with Crippen LogP contribution in [0.2, 0.25) is 0 Å². The highest BCUT2D eigenvalue weighted by atomic mass is 32.2. The zero-order valence-corrected chi connectivity index (χ0v) is 15.0. The van der Waals surface area contributed by atoms with E-state index in [2.05, 4.69) is 20.8 Å². The Morgan fingerprint density at radius 3 is 2.64 bits per heavy atom. The lowest BCUT2D eigenvalue weighted by Crippen LogP contribution is -2.41. The van der Waals surface area contributed by atoms with Crippen LogP contribution in [0.4, 0.5) is 4.79 Å². The average molecular weight is 366 g/mol. The minimum atomic E-state index is -0.594. The Morgan fingerprint density at radius 2 is 2.00 bits per heavy atom. The first-order valence-corrected chi connectivity index (χ1v) is 8.11. The standard InChI is InChI=1S/C15H18N4O5S/c1-8(12(20)17-14(21)16-2)25-15-19-18-13(24-15)10-6-5-9(22-3)7-11(10)23-4/h5-8H,1-4H3,(H2,16,17,20,21)/t8-/m0/s1. The number of nitrogens with one attached hydrogen (secondary N) is 2. The number of hydrogen-bond acceptors (Lipinski definition) is 8. The van der Waals surface area contributed by atoms with Crippen LogP contribution in [0, 0.1) is 0 Å². The van der Waals surface area contributed by atoms with Crippen molar-refractivity contribution in [3.8, 4) is 23.0 Å². The van der Waals surface area contributed by atoms with Crippen molar-refractivity contribution in [3.05, 3.63) is 18.2 Å². The molecule has 0 aliphatic carbocycles. The maximum absolute atomic E-state index is 11.8. The Kier molecular flexibility index (Phi) is 6.23. The van der Waals surface area contributed by atoms with E-state index in [9.17, 15) is 9.59 Å². The van der Waals surface area contributed by atoms with Crippen molar-refractivity contribution in [2.24, 2.45) is 0 Å². The number of hydrogen-bond donors (Lipinski definition) is 2. The van der Waals surface area contributed by atoms with Gasteiger partial charge in [0.25, 0.3) is 11.1 Å². The number of ether oxygens (including phenoxy) is 2. The Morgan fingerprint density at radius 1 is 1.24 bits per heavy atom. The molecule has 2 aromatic rings. The zero-order valence-electron chi connectivity index (χ0n) is 14.2. The van der Waals surface area contributed by atoms with Crippen LogP contribution in [0.25, 0.3) is 11.5 Å². The molecule has 1 atom stereocenters. The minimum absolute atomic E-state index is 0.201. The predicted octanol–water partition coefficient (Wildman–Crippen LogP) is 1.69. The summed E-state index contributed by atoms with van der Waals surface area (Å²) in [6, 6.07) is 4.60. The second-order valence-electron chi connectivity index (χ2n) is 4.77. The summed E-state index contributed by atoms with van der Waals surface area (Å²) >= 11 is 1.04. The zero-order chi connectivity index (χ0) is 18.4. The number of aromatic nitrogens is 2. The van der Waals surface area contributed by atoms with E-state index in [1.165, 1.54) is 14.2 Å². The number of rotatable bonds is 6. The van der Waals surface area contributed by atoms with Crippen molar-refractivity contribution >= 4 is 23.7 Å². The lowest BCUT2D eigenvalue weighted by atomic mass is 10.2. The van der Waals surface area contributed by atoms with Gasteiger partial charge in [-0.2, -0.15) is 0 Å². The average Bonchev–Trinajstić information content (AvgIpc) is 3.08. The first-order valence-electron chi connectivity index (χ1n) is 7.23. The quantitative estimate of drug-likeness (QED) is 0.742. The number of carbonyl (C=O) groups excluding carboxylic acids is 2. The lowest BCUT2D eigenvalue weighted by molar-refractivity contribution is -0.119. The fourth-order valence-corrected chi connectivity index (χ4v) is 2.51. The molecule has 0 fully saturated rings. The first-order chi connectivity index (χ1) is 12.0. The lowest BCUT2D eigenvalue weighted by Gasteiger charge is -2.08. The van der Waals surface area contributed by atoms with Crippen molar-refractivity contribution in [2.75, 3.05) is 21.3 Å². The summed E-state index contributed by atoms with van der Waals surface area (Å²) in [7, 11) is 4.50. The van der Waals surface area contributed by atoms with Crippen molar-refractivity contribution in [1.29, 1.82) is 0 Å². The molecule has 25 heavy (non-hydrogen) atoms.